The highest BCUT2D eigenvalue weighted by Gasteiger charge is 2.64. The number of carbonyl (C=O) groups excluding carboxylic acids is 1. The first-order chi connectivity index (χ1) is 11.6. The van der Waals surface area contributed by atoms with Gasteiger partial charge in [0.2, 0.25) is 5.91 Å². The van der Waals surface area contributed by atoms with Crippen molar-refractivity contribution in [2.45, 2.75) is 32.4 Å². The van der Waals surface area contributed by atoms with Crippen LogP contribution in [0.5, 0.6) is 5.75 Å². The summed E-state index contributed by atoms with van der Waals surface area (Å²) >= 11 is 0. The van der Waals surface area contributed by atoms with Crippen molar-refractivity contribution < 1.29 is 32.6 Å². The van der Waals surface area contributed by atoms with Gasteiger partial charge in [0.1, 0.15) is 18.3 Å². The first kappa shape index (κ1) is 17.6. The first-order valence-electron chi connectivity index (χ1n) is 7.90. The number of aryl methyl sites for hydroxylation is 2. The van der Waals surface area contributed by atoms with E-state index in [2.05, 4.69) is 0 Å². The van der Waals surface area contributed by atoms with Crippen molar-refractivity contribution in [1.82, 2.24) is 4.90 Å². The van der Waals surface area contributed by atoms with Gasteiger partial charge >= 0.3 is 12.1 Å². The zero-order chi connectivity index (χ0) is 18.6. The fraction of sp³-hybridized carbons (Fsp3) is 0.529. The van der Waals surface area contributed by atoms with Crippen LogP contribution in [0.25, 0.3) is 0 Å². The zero-order valence-corrected chi connectivity index (χ0v) is 13.8. The largest absolute Gasteiger partial charge is 0.492 e. The number of ether oxygens (including phenoxy) is 1. The van der Waals surface area contributed by atoms with E-state index in [4.69, 9.17) is 9.84 Å². The van der Waals surface area contributed by atoms with E-state index in [-0.39, 0.29) is 13.2 Å². The second-order valence-electron chi connectivity index (χ2n) is 6.73. The van der Waals surface area contributed by atoms with Crippen molar-refractivity contribution >= 4 is 11.9 Å². The molecule has 2 heterocycles. The molecule has 0 aromatic heterocycles. The quantitative estimate of drug-likeness (QED) is 0.884. The fourth-order valence-corrected chi connectivity index (χ4v) is 3.42. The summed E-state index contributed by atoms with van der Waals surface area (Å²) < 4.78 is 45.3. The molecule has 2 atom stereocenters. The number of carboxylic acids is 1. The fourth-order valence-electron chi connectivity index (χ4n) is 3.42. The summed E-state index contributed by atoms with van der Waals surface area (Å²) in [7, 11) is 0. The van der Waals surface area contributed by atoms with Crippen LogP contribution >= 0.6 is 0 Å². The van der Waals surface area contributed by atoms with Gasteiger partial charge < -0.3 is 14.7 Å². The van der Waals surface area contributed by atoms with Gasteiger partial charge in [0.05, 0.1) is 0 Å². The summed E-state index contributed by atoms with van der Waals surface area (Å²) in [6, 6.07) is 3.61. The van der Waals surface area contributed by atoms with E-state index in [1.807, 2.05) is 19.9 Å². The molecule has 0 bridgehead atoms. The van der Waals surface area contributed by atoms with E-state index in [9.17, 15) is 22.8 Å². The van der Waals surface area contributed by atoms with E-state index in [1.54, 1.807) is 6.07 Å². The highest BCUT2D eigenvalue weighted by Crippen LogP contribution is 2.47. The molecular formula is C17H18F3NO4. The molecular weight excluding hydrogens is 339 g/mol. The molecule has 1 aromatic rings. The van der Waals surface area contributed by atoms with E-state index in [0.717, 1.165) is 16.0 Å². The Hall–Kier alpha value is -2.25. The molecule has 1 saturated heterocycles. The van der Waals surface area contributed by atoms with Gasteiger partial charge in [0.25, 0.3) is 0 Å². The van der Waals surface area contributed by atoms with Crippen LogP contribution in [-0.4, -0.2) is 47.8 Å². The summed E-state index contributed by atoms with van der Waals surface area (Å²) in [5.41, 5.74) is -0.296. The standard InChI is InChI=1S/C17H18F3NO4/c1-9-5-11-12(7-25-13(11)6-10(9)2)14(22)21-4-3-16(8-21,15(23)24)17(18,19)20/h5-6,12H,3-4,7-8H2,1-2H3,(H,23,24). The molecule has 1 fully saturated rings. The number of hydrogen-bond donors (Lipinski definition) is 1. The molecule has 5 nitrogen and oxygen atoms in total. The minimum absolute atomic E-state index is 0.0552. The lowest BCUT2D eigenvalue weighted by Crippen LogP contribution is -2.48. The lowest BCUT2D eigenvalue weighted by molar-refractivity contribution is -0.227. The van der Waals surface area contributed by atoms with E-state index < -0.39 is 42.4 Å². The summed E-state index contributed by atoms with van der Waals surface area (Å²) in [5, 5.41) is 9.11. The number of hydrogen-bond acceptors (Lipinski definition) is 3. The Bertz CT molecular complexity index is 746. The van der Waals surface area contributed by atoms with Crippen LogP contribution in [0.3, 0.4) is 0 Å². The van der Waals surface area contributed by atoms with E-state index in [1.165, 1.54) is 0 Å². The number of benzene rings is 1. The van der Waals surface area contributed by atoms with Crippen molar-refractivity contribution in [1.29, 1.82) is 0 Å². The van der Waals surface area contributed by atoms with Crippen LogP contribution in [0.1, 0.15) is 29.0 Å². The van der Waals surface area contributed by atoms with Gasteiger partial charge in [-0.2, -0.15) is 13.2 Å². The number of nitrogens with zero attached hydrogens (tertiary/aromatic N) is 1. The average molecular weight is 357 g/mol. The van der Waals surface area contributed by atoms with Gasteiger partial charge in [-0.3, -0.25) is 9.59 Å². The molecule has 25 heavy (non-hydrogen) atoms. The highest BCUT2D eigenvalue weighted by atomic mass is 19.4. The predicted molar refractivity (Wildman–Crippen MR) is 81.5 cm³/mol. The Morgan fingerprint density at radius 1 is 1.28 bits per heavy atom. The molecule has 1 aromatic carbocycles. The molecule has 3 rings (SSSR count). The number of likely N-dealkylation sites (tertiary alicyclic amines) is 1. The van der Waals surface area contributed by atoms with Gasteiger partial charge in [-0.15, -0.1) is 0 Å². The Morgan fingerprint density at radius 2 is 1.92 bits per heavy atom. The van der Waals surface area contributed by atoms with Crippen LogP contribution in [0.15, 0.2) is 12.1 Å². The third kappa shape index (κ3) is 2.63. The normalized spacial score (nSPS) is 25.6. The van der Waals surface area contributed by atoms with E-state index >= 15 is 0 Å². The number of fused-ring (bicyclic) bond motifs is 1. The number of carbonyl (C=O) groups is 2. The van der Waals surface area contributed by atoms with Crippen LogP contribution in [0, 0.1) is 19.3 Å². The minimum Gasteiger partial charge on any atom is -0.492 e. The van der Waals surface area contributed by atoms with Crippen molar-refractivity contribution in [3.05, 3.63) is 28.8 Å². The number of aliphatic carboxylic acids is 1. The third-order valence-electron chi connectivity index (χ3n) is 5.24. The highest BCUT2D eigenvalue weighted by molar-refractivity contribution is 5.87. The average Bonchev–Trinajstić information content (AvgIpc) is 3.11. The topological polar surface area (TPSA) is 66.8 Å². The van der Waals surface area contributed by atoms with Crippen molar-refractivity contribution in [2.24, 2.45) is 5.41 Å². The van der Waals surface area contributed by atoms with Gasteiger partial charge in [-0.25, -0.2) is 0 Å². The minimum atomic E-state index is -4.91. The summed E-state index contributed by atoms with van der Waals surface area (Å²) in [4.78, 5) is 25.0. The molecule has 1 N–H and O–H groups in total. The van der Waals surface area contributed by atoms with Crippen LogP contribution in [-0.2, 0) is 9.59 Å². The molecule has 0 saturated carbocycles. The third-order valence-corrected chi connectivity index (χ3v) is 5.24. The van der Waals surface area contributed by atoms with Crippen LogP contribution < -0.4 is 4.74 Å². The van der Waals surface area contributed by atoms with Gasteiger partial charge in [-0.1, -0.05) is 6.07 Å². The lowest BCUT2D eigenvalue weighted by Gasteiger charge is -2.27. The molecule has 2 unspecified atom stereocenters. The summed E-state index contributed by atoms with van der Waals surface area (Å²) in [5.74, 6) is -2.60. The molecule has 2 aliphatic heterocycles. The zero-order valence-electron chi connectivity index (χ0n) is 13.8. The molecule has 136 valence electrons. The predicted octanol–water partition coefficient (Wildman–Crippen LogP) is 2.65. The maximum atomic E-state index is 13.3. The molecule has 8 heteroatoms. The monoisotopic (exact) mass is 357 g/mol. The van der Waals surface area contributed by atoms with Crippen LogP contribution in [0.2, 0.25) is 0 Å². The summed E-state index contributed by atoms with van der Waals surface area (Å²) in [6.07, 6.45) is -5.55. The Morgan fingerprint density at radius 3 is 2.48 bits per heavy atom. The number of halogens is 3. The number of rotatable bonds is 2. The SMILES string of the molecule is Cc1cc2c(cc1C)C(C(=O)N1CCC(C(=O)O)(C(F)(F)F)C1)CO2. The number of carboxylic acid groups (broad SMARTS) is 1. The van der Waals surface area contributed by atoms with Crippen LogP contribution in [0.4, 0.5) is 13.2 Å². The van der Waals surface area contributed by atoms with Crippen molar-refractivity contribution in [3.63, 3.8) is 0 Å². The number of amides is 1. The van der Waals surface area contributed by atoms with Gasteiger partial charge in [0.15, 0.2) is 5.41 Å². The Balaban J connectivity index is 1.85. The second-order valence-corrected chi connectivity index (χ2v) is 6.73. The second kappa shape index (κ2) is 5.64. The van der Waals surface area contributed by atoms with Gasteiger partial charge in [0, 0.05) is 18.7 Å². The molecule has 0 aliphatic carbocycles. The van der Waals surface area contributed by atoms with Crippen molar-refractivity contribution in [2.75, 3.05) is 19.7 Å². The molecule has 0 radical (unpaired) electrons. The lowest BCUT2D eigenvalue weighted by atomic mass is 9.86. The maximum absolute atomic E-state index is 13.3. The van der Waals surface area contributed by atoms with E-state index in [0.29, 0.717) is 11.3 Å². The summed E-state index contributed by atoms with van der Waals surface area (Å²) in [6.45, 7) is 2.74. The molecule has 0 spiro atoms. The molecule has 2 aliphatic rings. The van der Waals surface area contributed by atoms with Crippen molar-refractivity contribution in [3.8, 4) is 5.75 Å². The van der Waals surface area contributed by atoms with Gasteiger partial charge in [-0.05, 0) is 37.5 Å². The molecule has 1 amide bonds. The maximum Gasteiger partial charge on any atom is 0.406 e. The first-order valence-corrected chi connectivity index (χ1v) is 7.90. The smallest absolute Gasteiger partial charge is 0.406 e. The number of alkyl halides is 3. The Kier molecular flexibility index (Phi) is 3.96. The Labute approximate surface area is 142 Å².